The number of aromatic nitrogens is 1. The Balaban J connectivity index is 2.06. The van der Waals surface area contributed by atoms with Crippen molar-refractivity contribution < 1.29 is 0 Å². The van der Waals surface area contributed by atoms with E-state index >= 15 is 0 Å². The number of unbranched alkanes of at least 4 members (excludes halogenated alkanes) is 1. The minimum atomic E-state index is 1.15. The molecular weight excluding hydrogens is 254 g/mol. The van der Waals surface area contributed by atoms with Crippen LogP contribution in [-0.2, 0) is 6.42 Å². The van der Waals surface area contributed by atoms with E-state index < -0.39 is 0 Å². The molecule has 1 heteroatoms. The molecule has 0 bridgehead atoms. The van der Waals surface area contributed by atoms with Crippen LogP contribution in [-0.4, -0.2) is 4.57 Å². The second-order valence-electron chi connectivity index (χ2n) is 5.41. The van der Waals surface area contributed by atoms with Crippen molar-refractivity contribution in [1.82, 2.24) is 4.57 Å². The lowest BCUT2D eigenvalue weighted by Crippen LogP contribution is -1.94. The maximum Gasteiger partial charge on any atom is 0.0531 e. The van der Waals surface area contributed by atoms with Gasteiger partial charge in [0.1, 0.15) is 0 Å². The van der Waals surface area contributed by atoms with Gasteiger partial charge in [0.2, 0.25) is 0 Å². The van der Waals surface area contributed by atoms with E-state index in [-0.39, 0.29) is 0 Å². The lowest BCUT2D eigenvalue weighted by atomic mass is 10.1. The van der Waals surface area contributed by atoms with E-state index in [1.165, 1.54) is 35.3 Å². The highest BCUT2D eigenvalue weighted by molar-refractivity contribution is 5.64. The van der Waals surface area contributed by atoms with Crippen LogP contribution in [0.25, 0.3) is 16.9 Å². The van der Waals surface area contributed by atoms with Crippen molar-refractivity contribution >= 4 is 0 Å². The molecule has 0 atom stereocenters. The molecule has 0 saturated carbocycles. The fourth-order valence-electron chi connectivity index (χ4n) is 2.67. The lowest BCUT2D eigenvalue weighted by molar-refractivity contribution is 0.794. The van der Waals surface area contributed by atoms with Gasteiger partial charge < -0.3 is 4.57 Å². The molecule has 3 rings (SSSR count). The number of hydrogen-bond acceptors (Lipinski definition) is 0. The highest BCUT2D eigenvalue weighted by atomic mass is 15.0. The van der Waals surface area contributed by atoms with E-state index in [0.717, 1.165) is 6.42 Å². The second-order valence-corrected chi connectivity index (χ2v) is 5.41. The van der Waals surface area contributed by atoms with E-state index in [0.29, 0.717) is 0 Å². The fraction of sp³-hybridized carbons (Fsp3) is 0.200. The van der Waals surface area contributed by atoms with Crippen LogP contribution < -0.4 is 0 Å². The molecule has 1 aromatic heterocycles. The Bertz CT molecular complexity index is 623. The quantitative estimate of drug-likeness (QED) is 0.580. The highest BCUT2D eigenvalue weighted by Gasteiger charge is 2.09. The molecule has 0 aliphatic heterocycles. The van der Waals surface area contributed by atoms with E-state index in [1.54, 1.807) is 0 Å². The van der Waals surface area contributed by atoms with Crippen LogP contribution in [0.3, 0.4) is 0 Å². The van der Waals surface area contributed by atoms with Crippen LogP contribution in [0.5, 0.6) is 0 Å². The maximum absolute atomic E-state index is 2.33. The number of benzene rings is 2. The van der Waals surface area contributed by atoms with Crippen molar-refractivity contribution in [3.63, 3.8) is 0 Å². The smallest absolute Gasteiger partial charge is 0.0531 e. The highest BCUT2D eigenvalue weighted by Crippen LogP contribution is 2.26. The van der Waals surface area contributed by atoms with Gasteiger partial charge in [0.25, 0.3) is 0 Å². The topological polar surface area (TPSA) is 4.93 Å². The SMILES string of the molecule is CCCCc1cc(-c2ccccc2)n(-c2ccccc2)c1. The Kier molecular flexibility index (Phi) is 4.20. The standard InChI is InChI=1S/C20H21N/c1-2-3-10-17-15-20(18-11-6-4-7-12-18)21(16-17)19-13-8-5-9-14-19/h4-9,11-16H,2-3,10H2,1H3. The zero-order valence-electron chi connectivity index (χ0n) is 12.5. The van der Waals surface area contributed by atoms with Gasteiger partial charge in [-0.1, -0.05) is 61.9 Å². The van der Waals surface area contributed by atoms with Gasteiger partial charge in [-0.05, 0) is 42.2 Å². The summed E-state index contributed by atoms with van der Waals surface area (Å²) >= 11 is 0. The van der Waals surface area contributed by atoms with E-state index in [9.17, 15) is 0 Å². The predicted octanol–water partition coefficient (Wildman–Crippen LogP) is 5.49. The third kappa shape index (κ3) is 3.08. The van der Waals surface area contributed by atoms with Crippen molar-refractivity contribution in [3.05, 3.63) is 78.5 Å². The summed E-state index contributed by atoms with van der Waals surface area (Å²) < 4.78 is 2.31. The molecule has 106 valence electrons. The van der Waals surface area contributed by atoms with Gasteiger partial charge in [0, 0.05) is 11.9 Å². The van der Waals surface area contributed by atoms with Gasteiger partial charge in [-0.25, -0.2) is 0 Å². The Hall–Kier alpha value is -2.28. The number of para-hydroxylation sites is 1. The second kappa shape index (κ2) is 6.45. The molecule has 2 aromatic carbocycles. The maximum atomic E-state index is 2.33. The minimum Gasteiger partial charge on any atom is -0.316 e. The van der Waals surface area contributed by atoms with Gasteiger partial charge in [0.15, 0.2) is 0 Å². The molecule has 0 amide bonds. The van der Waals surface area contributed by atoms with Crippen LogP contribution in [0.15, 0.2) is 72.9 Å². The van der Waals surface area contributed by atoms with Crippen molar-refractivity contribution in [2.75, 3.05) is 0 Å². The summed E-state index contributed by atoms with van der Waals surface area (Å²) in [5.41, 5.74) is 5.18. The summed E-state index contributed by atoms with van der Waals surface area (Å²) in [6, 6.07) is 23.5. The minimum absolute atomic E-state index is 1.15. The molecule has 0 radical (unpaired) electrons. The molecule has 0 spiro atoms. The first-order valence-corrected chi connectivity index (χ1v) is 7.70. The van der Waals surface area contributed by atoms with Crippen molar-refractivity contribution in [3.8, 4) is 16.9 Å². The summed E-state index contributed by atoms with van der Waals surface area (Å²) in [7, 11) is 0. The van der Waals surface area contributed by atoms with Gasteiger partial charge in [-0.15, -0.1) is 0 Å². The van der Waals surface area contributed by atoms with Crippen molar-refractivity contribution in [2.45, 2.75) is 26.2 Å². The first kappa shape index (κ1) is 13.7. The first-order valence-electron chi connectivity index (χ1n) is 7.70. The molecular formula is C20H21N. The lowest BCUT2D eigenvalue weighted by Gasteiger charge is -2.09. The van der Waals surface area contributed by atoms with Gasteiger partial charge in [-0.2, -0.15) is 0 Å². The van der Waals surface area contributed by atoms with E-state index in [2.05, 4.69) is 84.4 Å². The summed E-state index contributed by atoms with van der Waals surface area (Å²) in [5.74, 6) is 0. The molecule has 0 aliphatic rings. The molecule has 0 aliphatic carbocycles. The Morgan fingerprint density at radius 3 is 2.19 bits per heavy atom. The van der Waals surface area contributed by atoms with Crippen molar-refractivity contribution in [2.24, 2.45) is 0 Å². The molecule has 0 saturated heterocycles. The van der Waals surface area contributed by atoms with Crippen LogP contribution in [0.2, 0.25) is 0 Å². The Morgan fingerprint density at radius 2 is 1.52 bits per heavy atom. The first-order chi connectivity index (χ1) is 10.4. The van der Waals surface area contributed by atoms with Gasteiger partial charge in [-0.3, -0.25) is 0 Å². The third-order valence-electron chi connectivity index (χ3n) is 3.80. The average molecular weight is 275 g/mol. The summed E-state index contributed by atoms with van der Waals surface area (Å²) in [6.45, 7) is 2.24. The van der Waals surface area contributed by atoms with Gasteiger partial charge >= 0.3 is 0 Å². The molecule has 1 nitrogen and oxygen atoms in total. The van der Waals surface area contributed by atoms with Crippen LogP contribution in [0.1, 0.15) is 25.3 Å². The summed E-state index contributed by atoms with van der Waals surface area (Å²) in [5, 5.41) is 0. The molecule has 0 unspecified atom stereocenters. The molecule has 1 heterocycles. The summed E-state index contributed by atoms with van der Waals surface area (Å²) in [4.78, 5) is 0. The number of nitrogens with zero attached hydrogens (tertiary/aromatic N) is 1. The Labute approximate surface area is 126 Å². The fourth-order valence-corrected chi connectivity index (χ4v) is 2.67. The van der Waals surface area contributed by atoms with Crippen molar-refractivity contribution in [1.29, 1.82) is 0 Å². The van der Waals surface area contributed by atoms with Crippen LogP contribution >= 0.6 is 0 Å². The molecule has 0 fully saturated rings. The summed E-state index contributed by atoms with van der Waals surface area (Å²) in [6.07, 6.45) is 5.91. The zero-order chi connectivity index (χ0) is 14.5. The monoisotopic (exact) mass is 275 g/mol. The Morgan fingerprint density at radius 1 is 0.857 bits per heavy atom. The van der Waals surface area contributed by atoms with Crippen LogP contribution in [0.4, 0.5) is 0 Å². The number of hydrogen-bond donors (Lipinski definition) is 0. The predicted molar refractivity (Wildman–Crippen MR) is 89.8 cm³/mol. The van der Waals surface area contributed by atoms with Crippen LogP contribution in [0, 0.1) is 0 Å². The average Bonchev–Trinajstić information content (AvgIpc) is 2.99. The van der Waals surface area contributed by atoms with E-state index in [4.69, 9.17) is 0 Å². The van der Waals surface area contributed by atoms with Gasteiger partial charge in [0.05, 0.1) is 5.69 Å². The van der Waals surface area contributed by atoms with E-state index in [1.807, 2.05) is 0 Å². The third-order valence-corrected chi connectivity index (χ3v) is 3.80. The number of aryl methyl sites for hydroxylation is 1. The largest absolute Gasteiger partial charge is 0.316 e. The molecule has 0 N–H and O–H groups in total. The zero-order valence-corrected chi connectivity index (χ0v) is 12.5. The molecule has 21 heavy (non-hydrogen) atoms. The molecule has 3 aromatic rings. The number of rotatable bonds is 5. The normalized spacial score (nSPS) is 10.7.